The minimum Gasteiger partial charge on any atom is -0.435 e. The number of amides is 1. The first-order valence-electron chi connectivity index (χ1n) is 6.95. The fraction of sp³-hybridized carbons (Fsp3) is 0.312. The second-order valence-electron chi connectivity index (χ2n) is 4.80. The lowest BCUT2D eigenvalue weighted by atomic mass is 10.1. The van der Waals surface area contributed by atoms with E-state index >= 15 is 0 Å². The van der Waals surface area contributed by atoms with E-state index < -0.39 is 6.61 Å². The number of hydrogen-bond donors (Lipinski definition) is 1. The van der Waals surface area contributed by atoms with E-state index in [4.69, 9.17) is 0 Å². The Balaban J connectivity index is 2.03. The van der Waals surface area contributed by atoms with Crippen LogP contribution in [0.2, 0.25) is 0 Å². The Hall–Kier alpha value is -1.95. The number of ether oxygens (including phenoxy) is 1. The van der Waals surface area contributed by atoms with Gasteiger partial charge in [0.2, 0.25) is 0 Å². The van der Waals surface area contributed by atoms with Gasteiger partial charge in [-0.05, 0) is 49.2 Å². The monoisotopic (exact) mass is 325 g/mol. The molecule has 1 N–H and O–H groups in total. The Labute approximate surface area is 131 Å². The molecule has 6 heteroatoms. The third-order valence-electron chi connectivity index (χ3n) is 3.10. The molecule has 0 aliphatic heterocycles. The first-order valence-corrected chi connectivity index (χ1v) is 7.76. The van der Waals surface area contributed by atoms with E-state index in [1.54, 1.807) is 0 Å². The first-order chi connectivity index (χ1) is 10.5. The molecule has 0 saturated heterocycles. The number of benzene rings is 1. The number of hydrogen-bond acceptors (Lipinski definition) is 3. The van der Waals surface area contributed by atoms with Gasteiger partial charge >= 0.3 is 6.61 Å². The molecule has 0 unspecified atom stereocenters. The molecule has 0 aliphatic carbocycles. The van der Waals surface area contributed by atoms with Gasteiger partial charge in [-0.1, -0.05) is 13.3 Å². The van der Waals surface area contributed by atoms with Crippen molar-refractivity contribution >= 4 is 22.9 Å². The molecule has 0 saturated carbocycles. The van der Waals surface area contributed by atoms with Crippen LogP contribution in [0.3, 0.4) is 0 Å². The molecule has 0 aliphatic rings. The fourth-order valence-corrected chi connectivity index (χ4v) is 3.03. The molecule has 0 spiro atoms. The van der Waals surface area contributed by atoms with Crippen molar-refractivity contribution in [3.63, 3.8) is 0 Å². The summed E-state index contributed by atoms with van der Waals surface area (Å²) < 4.78 is 28.4. The number of thiophene rings is 1. The van der Waals surface area contributed by atoms with Gasteiger partial charge in [0.05, 0.1) is 4.88 Å². The third-order valence-corrected chi connectivity index (χ3v) is 4.19. The summed E-state index contributed by atoms with van der Waals surface area (Å²) in [6.07, 6.45) is 1.99. The maximum Gasteiger partial charge on any atom is 0.387 e. The Morgan fingerprint density at radius 2 is 2.00 bits per heavy atom. The van der Waals surface area contributed by atoms with Crippen LogP contribution in [-0.4, -0.2) is 12.5 Å². The standard InChI is InChI=1S/C16H17F2NO2S/c1-3-4-11-9-14(22-10(11)2)15(20)19-12-5-7-13(8-6-12)21-16(17)18/h5-9,16H,3-4H2,1-2H3,(H,19,20). The minimum atomic E-state index is -2.86. The number of alkyl halides is 2. The number of nitrogens with one attached hydrogen (secondary N) is 1. The van der Waals surface area contributed by atoms with Crippen molar-refractivity contribution in [1.82, 2.24) is 0 Å². The SMILES string of the molecule is CCCc1cc(C(=O)Nc2ccc(OC(F)F)cc2)sc1C. The van der Waals surface area contributed by atoms with Gasteiger partial charge in [-0.2, -0.15) is 8.78 Å². The van der Waals surface area contributed by atoms with Crippen molar-refractivity contribution in [2.45, 2.75) is 33.3 Å². The Morgan fingerprint density at radius 3 is 2.59 bits per heavy atom. The van der Waals surface area contributed by atoms with Crippen molar-refractivity contribution in [2.24, 2.45) is 0 Å². The number of halogens is 2. The molecular formula is C16H17F2NO2S. The highest BCUT2D eigenvalue weighted by molar-refractivity contribution is 7.14. The van der Waals surface area contributed by atoms with Crippen LogP contribution < -0.4 is 10.1 Å². The predicted molar refractivity (Wildman–Crippen MR) is 84.1 cm³/mol. The maximum absolute atomic E-state index is 12.2. The Kier molecular flexibility index (Phi) is 5.49. The molecule has 2 aromatic rings. The zero-order valence-electron chi connectivity index (χ0n) is 12.4. The highest BCUT2D eigenvalue weighted by Crippen LogP contribution is 2.24. The summed E-state index contributed by atoms with van der Waals surface area (Å²) in [6, 6.07) is 7.76. The zero-order valence-corrected chi connectivity index (χ0v) is 13.2. The van der Waals surface area contributed by atoms with Crippen LogP contribution in [-0.2, 0) is 6.42 Å². The number of rotatable bonds is 6. The third kappa shape index (κ3) is 4.27. The number of carbonyl (C=O) groups is 1. The van der Waals surface area contributed by atoms with Crippen LogP contribution in [0.15, 0.2) is 30.3 Å². The molecular weight excluding hydrogens is 308 g/mol. The summed E-state index contributed by atoms with van der Waals surface area (Å²) in [4.78, 5) is 14.0. The Morgan fingerprint density at radius 1 is 1.32 bits per heavy atom. The average Bonchev–Trinajstić information content (AvgIpc) is 2.82. The van der Waals surface area contributed by atoms with Gasteiger partial charge in [-0.15, -0.1) is 11.3 Å². The first kappa shape index (κ1) is 16.4. The quantitative estimate of drug-likeness (QED) is 0.823. The topological polar surface area (TPSA) is 38.3 Å². The van der Waals surface area contributed by atoms with Crippen molar-refractivity contribution < 1.29 is 18.3 Å². The molecule has 1 aromatic heterocycles. The van der Waals surface area contributed by atoms with E-state index in [1.807, 2.05) is 13.0 Å². The summed E-state index contributed by atoms with van der Waals surface area (Å²) in [6.45, 7) is 1.24. The lowest BCUT2D eigenvalue weighted by Gasteiger charge is -2.06. The van der Waals surface area contributed by atoms with Gasteiger partial charge in [0.25, 0.3) is 5.91 Å². The van der Waals surface area contributed by atoms with Crippen molar-refractivity contribution in [2.75, 3.05) is 5.32 Å². The smallest absolute Gasteiger partial charge is 0.387 e. The molecule has 0 atom stereocenters. The summed E-state index contributed by atoms with van der Waals surface area (Å²) in [7, 11) is 0. The normalized spacial score (nSPS) is 10.8. The Bertz CT molecular complexity index is 638. The molecule has 0 fully saturated rings. The second-order valence-corrected chi connectivity index (χ2v) is 6.06. The molecule has 2 rings (SSSR count). The van der Waals surface area contributed by atoms with Crippen LogP contribution in [0, 0.1) is 6.92 Å². The van der Waals surface area contributed by atoms with Gasteiger partial charge in [0, 0.05) is 10.6 Å². The van der Waals surface area contributed by atoms with E-state index in [9.17, 15) is 13.6 Å². The van der Waals surface area contributed by atoms with Crippen molar-refractivity contribution in [1.29, 1.82) is 0 Å². The largest absolute Gasteiger partial charge is 0.435 e. The number of carbonyl (C=O) groups excluding carboxylic acids is 1. The molecule has 1 heterocycles. The van der Waals surface area contributed by atoms with E-state index in [0.717, 1.165) is 17.7 Å². The molecule has 0 bridgehead atoms. The summed E-state index contributed by atoms with van der Waals surface area (Å²) in [5.74, 6) is -0.136. The highest BCUT2D eigenvalue weighted by Gasteiger charge is 2.12. The molecule has 1 aromatic carbocycles. The van der Waals surface area contributed by atoms with Crippen LogP contribution in [0.25, 0.3) is 0 Å². The van der Waals surface area contributed by atoms with Gasteiger partial charge in [0.1, 0.15) is 5.75 Å². The predicted octanol–water partition coefficient (Wildman–Crippen LogP) is 4.86. The van der Waals surface area contributed by atoms with E-state index in [-0.39, 0.29) is 11.7 Å². The average molecular weight is 325 g/mol. The van der Waals surface area contributed by atoms with Crippen molar-refractivity contribution in [3.8, 4) is 5.75 Å². The van der Waals surface area contributed by atoms with Crippen molar-refractivity contribution in [3.05, 3.63) is 45.6 Å². The molecule has 1 amide bonds. The van der Waals surface area contributed by atoms with Crippen LogP contribution >= 0.6 is 11.3 Å². The lowest BCUT2D eigenvalue weighted by molar-refractivity contribution is -0.0498. The van der Waals surface area contributed by atoms with Crippen LogP contribution in [0.4, 0.5) is 14.5 Å². The van der Waals surface area contributed by atoms with E-state index in [1.165, 1.54) is 41.2 Å². The zero-order chi connectivity index (χ0) is 16.1. The molecule has 118 valence electrons. The second kappa shape index (κ2) is 7.35. The van der Waals surface area contributed by atoms with Crippen LogP contribution in [0.5, 0.6) is 5.75 Å². The summed E-state index contributed by atoms with van der Waals surface area (Å²) in [5, 5.41) is 2.75. The van der Waals surface area contributed by atoms with E-state index in [0.29, 0.717) is 10.6 Å². The number of aryl methyl sites for hydroxylation is 2. The highest BCUT2D eigenvalue weighted by atomic mass is 32.1. The molecule has 3 nitrogen and oxygen atoms in total. The summed E-state index contributed by atoms with van der Waals surface area (Å²) >= 11 is 1.46. The molecule has 0 radical (unpaired) electrons. The van der Waals surface area contributed by atoms with Gasteiger partial charge < -0.3 is 10.1 Å². The fourth-order valence-electron chi connectivity index (χ4n) is 2.06. The van der Waals surface area contributed by atoms with E-state index in [2.05, 4.69) is 17.0 Å². The summed E-state index contributed by atoms with van der Waals surface area (Å²) in [5.41, 5.74) is 1.73. The van der Waals surface area contributed by atoms with Gasteiger partial charge in [-0.3, -0.25) is 4.79 Å². The number of anilines is 1. The van der Waals surface area contributed by atoms with Gasteiger partial charge in [-0.25, -0.2) is 0 Å². The molecule has 22 heavy (non-hydrogen) atoms. The minimum absolute atomic E-state index is 0.0604. The lowest BCUT2D eigenvalue weighted by Crippen LogP contribution is -2.10. The van der Waals surface area contributed by atoms with Crippen LogP contribution in [0.1, 0.15) is 33.5 Å². The van der Waals surface area contributed by atoms with Gasteiger partial charge in [0.15, 0.2) is 0 Å². The maximum atomic E-state index is 12.2.